The van der Waals surface area contributed by atoms with Gasteiger partial charge in [-0.1, -0.05) is 5.57 Å². The van der Waals surface area contributed by atoms with E-state index in [-0.39, 0.29) is 0 Å². The molecule has 0 amide bonds. The Labute approximate surface area is 135 Å². The summed E-state index contributed by atoms with van der Waals surface area (Å²) < 4.78 is 11.5. The van der Waals surface area contributed by atoms with E-state index in [1.54, 1.807) is 18.6 Å². The van der Waals surface area contributed by atoms with Crippen molar-refractivity contribution in [1.82, 2.24) is 9.97 Å². The van der Waals surface area contributed by atoms with Gasteiger partial charge in [0.2, 0.25) is 5.89 Å². The molecule has 0 saturated heterocycles. The normalized spacial score (nSPS) is 10.3. The van der Waals surface area contributed by atoms with E-state index < -0.39 is 0 Å². The molecular formula is C19H18N2O2. The van der Waals surface area contributed by atoms with Crippen LogP contribution in [0.1, 0.15) is 13.8 Å². The lowest BCUT2D eigenvalue weighted by atomic mass is 10.2. The quantitative estimate of drug-likeness (QED) is 0.638. The van der Waals surface area contributed by atoms with Crippen LogP contribution in [-0.2, 0) is 0 Å². The van der Waals surface area contributed by atoms with Gasteiger partial charge in [0.05, 0.1) is 11.8 Å². The summed E-state index contributed by atoms with van der Waals surface area (Å²) >= 11 is 0. The van der Waals surface area contributed by atoms with E-state index in [2.05, 4.69) is 23.8 Å². The summed E-state index contributed by atoms with van der Waals surface area (Å²) in [6.07, 6.45) is 7.23. The average Bonchev–Trinajstić information content (AvgIpc) is 3.06. The maximum absolute atomic E-state index is 5.81. The van der Waals surface area contributed by atoms with Crippen molar-refractivity contribution >= 4 is 0 Å². The molecule has 0 atom stereocenters. The smallest absolute Gasteiger partial charge is 0.228 e. The highest BCUT2D eigenvalue weighted by atomic mass is 16.5. The Hall–Kier alpha value is -2.88. The topological polar surface area (TPSA) is 48.2 Å². The van der Waals surface area contributed by atoms with Gasteiger partial charge in [-0.15, -0.1) is 0 Å². The van der Waals surface area contributed by atoms with E-state index in [9.17, 15) is 0 Å². The van der Waals surface area contributed by atoms with Crippen molar-refractivity contribution < 1.29 is 9.15 Å². The minimum absolute atomic E-state index is 0.567. The number of pyridine rings is 1. The van der Waals surface area contributed by atoms with E-state index in [1.807, 2.05) is 42.5 Å². The molecule has 0 aliphatic rings. The van der Waals surface area contributed by atoms with Gasteiger partial charge in [0.1, 0.15) is 12.4 Å². The van der Waals surface area contributed by atoms with Gasteiger partial charge in [-0.3, -0.25) is 4.98 Å². The Morgan fingerprint density at radius 2 is 1.91 bits per heavy atom. The van der Waals surface area contributed by atoms with Gasteiger partial charge in [-0.25, -0.2) is 4.98 Å². The summed E-state index contributed by atoms with van der Waals surface area (Å²) in [5.41, 5.74) is 3.06. The van der Waals surface area contributed by atoms with Crippen LogP contribution in [0.5, 0.6) is 5.75 Å². The van der Waals surface area contributed by atoms with Gasteiger partial charge >= 0.3 is 0 Å². The van der Waals surface area contributed by atoms with Crippen LogP contribution in [0.15, 0.2) is 71.1 Å². The Kier molecular flexibility index (Phi) is 4.52. The third-order valence-electron chi connectivity index (χ3n) is 3.29. The highest BCUT2D eigenvalue weighted by Crippen LogP contribution is 2.26. The van der Waals surface area contributed by atoms with Gasteiger partial charge in [-0.05, 0) is 56.3 Å². The second-order valence-electron chi connectivity index (χ2n) is 5.39. The first-order valence-electron chi connectivity index (χ1n) is 7.45. The fourth-order valence-electron chi connectivity index (χ4n) is 2.05. The number of allylic oxidation sites excluding steroid dienone is 1. The minimum atomic E-state index is 0.567. The first kappa shape index (κ1) is 15.0. The van der Waals surface area contributed by atoms with E-state index in [0.717, 1.165) is 22.6 Å². The maximum atomic E-state index is 5.81. The Morgan fingerprint density at radius 1 is 1.09 bits per heavy atom. The molecule has 2 aromatic heterocycles. The molecule has 3 rings (SSSR count). The first-order valence-corrected chi connectivity index (χ1v) is 7.45. The van der Waals surface area contributed by atoms with Crippen molar-refractivity contribution in [3.05, 3.63) is 66.6 Å². The summed E-state index contributed by atoms with van der Waals surface area (Å²) in [7, 11) is 0. The van der Waals surface area contributed by atoms with Crippen molar-refractivity contribution in [2.45, 2.75) is 13.8 Å². The van der Waals surface area contributed by atoms with Gasteiger partial charge in [0.15, 0.2) is 5.76 Å². The van der Waals surface area contributed by atoms with Crippen molar-refractivity contribution in [3.8, 4) is 28.5 Å². The molecule has 0 aliphatic heterocycles. The summed E-state index contributed by atoms with van der Waals surface area (Å²) in [6.45, 7) is 4.68. The van der Waals surface area contributed by atoms with Crippen LogP contribution in [0.2, 0.25) is 0 Å². The van der Waals surface area contributed by atoms with Gasteiger partial charge in [-0.2, -0.15) is 0 Å². The third kappa shape index (κ3) is 3.86. The molecule has 3 aromatic rings. The Morgan fingerprint density at radius 3 is 2.61 bits per heavy atom. The van der Waals surface area contributed by atoms with Crippen molar-refractivity contribution in [3.63, 3.8) is 0 Å². The maximum Gasteiger partial charge on any atom is 0.228 e. The van der Waals surface area contributed by atoms with Crippen LogP contribution >= 0.6 is 0 Å². The predicted molar refractivity (Wildman–Crippen MR) is 90.1 cm³/mol. The molecule has 0 N–H and O–H groups in total. The number of hydrogen-bond donors (Lipinski definition) is 0. The summed E-state index contributed by atoms with van der Waals surface area (Å²) in [6, 6.07) is 11.6. The number of rotatable bonds is 5. The number of nitrogens with zero attached hydrogens (tertiary/aromatic N) is 2. The molecule has 23 heavy (non-hydrogen) atoms. The molecule has 4 heteroatoms. The predicted octanol–water partition coefficient (Wildman–Crippen LogP) is 4.75. The highest BCUT2D eigenvalue weighted by molar-refractivity contribution is 5.61. The molecule has 116 valence electrons. The number of aromatic nitrogens is 2. The van der Waals surface area contributed by atoms with Crippen molar-refractivity contribution in [2.24, 2.45) is 0 Å². The molecule has 0 bridgehead atoms. The molecule has 0 radical (unpaired) electrons. The number of oxazole rings is 1. The van der Waals surface area contributed by atoms with E-state index in [0.29, 0.717) is 12.5 Å². The molecule has 0 unspecified atom stereocenters. The number of ether oxygens (including phenoxy) is 1. The molecular weight excluding hydrogens is 288 g/mol. The van der Waals surface area contributed by atoms with Crippen LogP contribution in [0, 0.1) is 0 Å². The summed E-state index contributed by atoms with van der Waals surface area (Å²) in [5.74, 6) is 2.12. The largest absolute Gasteiger partial charge is 0.490 e. The van der Waals surface area contributed by atoms with Crippen LogP contribution in [0.25, 0.3) is 22.8 Å². The Bertz CT molecular complexity index is 786. The zero-order valence-electron chi connectivity index (χ0n) is 13.2. The average molecular weight is 306 g/mol. The van der Waals surface area contributed by atoms with Gasteiger partial charge in [0.25, 0.3) is 0 Å². The molecule has 1 aromatic carbocycles. The van der Waals surface area contributed by atoms with Crippen LogP contribution in [-0.4, -0.2) is 16.6 Å². The standard InChI is InChI=1S/C19H18N2O2/c1-14(2)9-11-22-17-7-5-15(6-8-17)18-13-21-19(23-18)16-4-3-10-20-12-16/h3-10,12-13H,11H2,1-2H3. The second-order valence-corrected chi connectivity index (χ2v) is 5.39. The molecule has 4 nitrogen and oxygen atoms in total. The Balaban J connectivity index is 1.73. The second kappa shape index (κ2) is 6.92. The first-order chi connectivity index (χ1) is 11.2. The van der Waals surface area contributed by atoms with Gasteiger partial charge in [0, 0.05) is 18.0 Å². The number of hydrogen-bond acceptors (Lipinski definition) is 4. The molecule has 0 saturated carbocycles. The monoisotopic (exact) mass is 306 g/mol. The summed E-state index contributed by atoms with van der Waals surface area (Å²) in [5, 5.41) is 0. The lowest BCUT2D eigenvalue weighted by molar-refractivity contribution is 0.362. The molecule has 0 fully saturated rings. The minimum Gasteiger partial charge on any atom is -0.490 e. The lowest BCUT2D eigenvalue weighted by Gasteiger charge is -2.04. The zero-order valence-corrected chi connectivity index (χ0v) is 13.2. The zero-order chi connectivity index (χ0) is 16.1. The summed E-state index contributed by atoms with van der Waals surface area (Å²) in [4.78, 5) is 8.38. The highest BCUT2D eigenvalue weighted by Gasteiger charge is 2.08. The SMILES string of the molecule is CC(C)=CCOc1ccc(-c2cnc(-c3cccnc3)o2)cc1. The fourth-order valence-corrected chi connectivity index (χ4v) is 2.05. The fraction of sp³-hybridized carbons (Fsp3) is 0.158. The molecule has 2 heterocycles. The van der Waals surface area contributed by atoms with Crippen LogP contribution < -0.4 is 4.74 Å². The van der Waals surface area contributed by atoms with E-state index >= 15 is 0 Å². The van der Waals surface area contributed by atoms with Crippen molar-refractivity contribution in [1.29, 1.82) is 0 Å². The molecule has 0 spiro atoms. The van der Waals surface area contributed by atoms with Crippen molar-refractivity contribution in [2.75, 3.05) is 6.61 Å². The van der Waals surface area contributed by atoms with E-state index in [1.165, 1.54) is 5.57 Å². The third-order valence-corrected chi connectivity index (χ3v) is 3.29. The number of benzene rings is 1. The lowest BCUT2D eigenvalue weighted by Crippen LogP contribution is -1.93. The van der Waals surface area contributed by atoms with Crippen LogP contribution in [0.4, 0.5) is 0 Å². The van der Waals surface area contributed by atoms with Gasteiger partial charge < -0.3 is 9.15 Å². The molecule has 0 aliphatic carbocycles. The van der Waals surface area contributed by atoms with E-state index in [4.69, 9.17) is 9.15 Å². The van der Waals surface area contributed by atoms with Crippen LogP contribution in [0.3, 0.4) is 0 Å².